The Morgan fingerprint density at radius 2 is 2.29 bits per heavy atom. The second-order valence-electron chi connectivity index (χ2n) is 4.28. The Balaban J connectivity index is 1.95. The quantitative estimate of drug-likeness (QED) is 0.864. The molecule has 1 aromatic rings. The van der Waals surface area contributed by atoms with E-state index >= 15 is 0 Å². The highest BCUT2D eigenvalue weighted by molar-refractivity contribution is 6.29. The number of nitrogens with zero attached hydrogens (tertiary/aromatic N) is 3. The number of morpholine rings is 1. The minimum absolute atomic E-state index is 0.0487. The van der Waals surface area contributed by atoms with Crippen molar-refractivity contribution in [3.63, 3.8) is 0 Å². The van der Waals surface area contributed by atoms with E-state index in [-0.39, 0.29) is 18.8 Å². The van der Waals surface area contributed by atoms with E-state index in [2.05, 4.69) is 14.9 Å². The average molecular weight is 258 g/mol. The molecule has 0 saturated carbocycles. The zero-order chi connectivity index (χ0) is 12.3. The maximum absolute atomic E-state index is 9.13. The first-order valence-corrected chi connectivity index (χ1v) is 6.00. The molecule has 2 atom stereocenters. The van der Waals surface area contributed by atoms with Crippen molar-refractivity contribution in [3.8, 4) is 0 Å². The highest BCUT2D eigenvalue weighted by atomic mass is 35.5. The topological polar surface area (TPSA) is 58.5 Å². The Kier molecular flexibility index (Phi) is 4.28. The molecule has 1 aliphatic heterocycles. The lowest BCUT2D eigenvalue weighted by molar-refractivity contribution is -0.0975. The Hall–Kier alpha value is -0.750. The van der Waals surface area contributed by atoms with Crippen LogP contribution in [0.1, 0.15) is 12.6 Å². The molecular formula is C11H16ClN3O2. The number of ether oxygens (including phenoxy) is 1. The SMILES string of the molecule is CC1CN(Cc2cnc(Cl)cn2)CC(CO)O1. The fourth-order valence-electron chi connectivity index (χ4n) is 2.02. The highest BCUT2D eigenvalue weighted by Crippen LogP contribution is 2.13. The zero-order valence-electron chi connectivity index (χ0n) is 9.71. The lowest BCUT2D eigenvalue weighted by atomic mass is 10.2. The molecule has 0 aliphatic carbocycles. The summed E-state index contributed by atoms with van der Waals surface area (Å²) in [6.07, 6.45) is 3.24. The van der Waals surface area contributed by atoms with E-state index in [1.165, 1.54) is 0 Å². The van der Waals surface area contributed by atoms with Crippen LogP contribution in [0.3, 0.4) is 0 Å². The van der Waals surface area contributed by atoms with Gasteiger partial charge in [0.05, 0.1) is 36.9 Å². The first kappa shape index (κ1) is 12.7. The summed E-state index contributed by atoms with van der Waals surface area (Å²) in [5.74, 6) is 0. The standard InChI is InChI=1S/C11H16ClN3O2/c1-8-4-15(6-10(7-16)17-8)5-9-2-14-11(12)3-13-9/h2-3,8,10,16H,4-7H2,1H3. The van der Waals surface area contributed by atoms with Gasteiger partial charge in [-0.1, -0.05) is 11.6 Å². The summed E-state index contributed by atoms with van der Waals surface area (Å²) in [7, 11) is 0. The van der Waals surface area contributed by atoms with Crippen LogP contribution in [0.2, 0.25) is 5.15 Å². The number of aliphatic hydroxyl groups excluding tert-OH is 1. The second kappa shape index (κ2) is 5.73. The van der Waals surface area contributed by atoms with Gasteiger partial charge in [0.1, 0.15) is 5.15 Å². The van der Waals surface area contributed by atoms with Gasteiger partial charge in [-0.2, -0.15) is 0 Å². The van der Waals surface area contributed by atoms with E-state index in [1.807, 2.05) is 6.92 Å². The first-order valence-electron chi connectivity index (χ1n) is 5.62. The van der Waals surface area contributed by atoms with Crippen LogP contribution in [0, 0.1) is 0 Å². The molecule has 6 heteroatoms. The summed E-state index contributed by atoms with van der Waals surface area (Å²) < 4.78 is 5.57. The van der Waals surface area contributed by atoms with Crippen LogP contribution >= 0.6 is 11.6 Å². The summed E-state index contributed by atoms with van der Waals surface area (Å²) in [4.78, 5) is 10.4. The summed E-state index contributed by atoms with van der Waals surface area (Å²) in [5, 5.41) is 9.53. The molecule has 0 aromatic carbocycles. The monoisotopic (exact) mass is 257 g/mol. The molecule has 17 heavy (non-hydrogen) atoms. The normalized spacial score (nSPS) is 26.1. The molecule has 1 N–H and O–H groups in total. The fourth-order valence-corrected chi connectivity index (χ4v) is 2.12. The second-order valence-corrected chi connectivity index (χ2v) is 4.66. The molecular weight excluding hydrogens is 242 g/mol. The molecule has 94 valence electrons. The largest absolute Gasteiger partial charge is 0.394 e. The van der Waals surface area contributed by atoms with Crippen LogP contribution in [0.25, 0.3) is 0 Å². The van der Waals surface area contributed by atoms with Crippen molar-refractivity contribution in [3.05, 3.63) is 23.2 Å². The minimum Gasteiger partial charge on any atom is -0.394 e. The number of hydrogen-bond donors (Lipinski definition) is 1. The van der Waals surface area contributed by atoms with Gasteiger partial charge in [0.2, 0.25) is 0 Å². The summed E-state index contributed by atoms with van der Waals surface area (Å²) in [6.45, 7) is 4.30. The molecule has 0 radical (unpaired) electrons. The molecule has 1 fully saturated rings. The third kappa shape index (κ3) is 3.61. The first-order chi connectivity index (χ1) is 8.17. The third-order valence-corrected chi connectivity index (χ3v) is 2.86. The van der Waals surface area contributed by atoms with Crippen molar-refractivity contribution < 1.29 is 9.84 Å². The van der Waals surface area contributed by atoms with Gasteiger partial charge in [-0.25, -0.2) is 4.98 Å². The van der Waals surface area contributed by atoms with Crippen LogP contribution in [0.15, 0.2) is 12.4 Å². The lowest BCUT2D eigenvalue weighted by Crippen LogP contribution is -2.47. The Bertz CT molecular complexity index is 360. The van der Waals surface area contributed by atoms with Crippen molar-refractivity contribution in [1.29, 1.82) is 0 Å². The number of aliphatic hydroxyl groups is 1. The molecule has 0 spiro atoms. The Labute approximate surface area is 105 Å². The zero-order valence-corrected chi connectivity index (χ0v) is 10.5. The van der Waals surface area contributed by atoms with Crippen molar-refractivity contribution in [1.82, 2.24) is 14.9 Å². The van der Waals surface area contributed by atoms with Gasteiger partial charge in [0.15, 0.2) is 0 Å². The van der Waals surface area contributed by atoms with E-state index in [9.17, 15) is 0 Å². The number of aromatic nitrogens is 2. The summed E-state index contributed by atoms with van der Waals surface area (Å²) in [6, 6.07) is 0. The van der Waals surface area contributed by atoms with E-state index in [4.69, 9.17) is 21.4 Å². The van der Waals surface area contributed by atoms with E-state index < -0.39 is 0 Å². The van der Waals surface area contributed by atoms with Gasteiger partial charge >= 0.3 is 0 Å². The number of hydrogen-bond acceptors (Lipinski definition) is 5. The van der Waals surface area contributed by atoms with Crippen LogP contribution in [0.4, 0.5) is 0 Å². The van der Waals surface area contributed by atoms with E-state index in [0.29, 0.717) is 18.2 Å². The predicted octanol–water partition coefficient (Wildman–Crippen LogP) is 0.712. The Morgan fingerprint density at radius 3 is 2.94 bits per heavy atom. The van der Waals surface area contributed by atoms with Gasteiger partial charge in [-0.15, -0.1) is 0 Å². The molecule has 2 rings (SSSR count). The van der Waals surface area contributed by atoms with E-state index in [0.717, 1.165) is 12.2 Å². The van der Waals surface area contributed by atoms with Crippen molar-refractivity contribution in [2.45, 2.75) is 25.7 Å². The van der Waals surface area contributed by atoms with Gasteiger partial charge in [0.25, 0.3) is 0 Å². The van der Waals surface area contributed by atoms with Crippen LogP contribution in [0.5, 0.6) is 0 Å². The van der Waals surface area contributed by atoms with Gasteiger partial charge in [-0.05, 0) is 6.92 Å². The molecule has 0 bridgehead atoms. The molecule has 5 nitrogen and oxygen atoms in total. The fraction of sp³-hybridized carbons (Fsp3) is 0.636. The number of rotatable bonds is 3. The number of halogens is 1. The van der Waals surface area contributed by atoms with E-state index in [1.54, 1.807) is 12.4 Å². The minimum atomic E-state index is -0.112. The molecule has 1 aromatic heterocycles. The average Bonchev–Trinajstić information content (AvgIpc) is 2.31. The smallest absolute Gasteiger partial charge is 0.147 e. The van der Waals surface area contributed by atoms with Crippen LogP contribution < -0.4 is 0 Å². The Morgan fingerprint density at radius 1 is 1.47 bits per heavy atom. The molecule has 1 aliphatic rings. The lowest BCUT2D eigenvalue weighted by Gasteiger charge is -2.35. The van der Waals surface area contributed by atoms with Crippen LogP contribution in [-0.2, 0) is 11.3 Å². The highest BCUT2D eigenvalue weighted by Gasteiger charge is 2.24. The van der Waals surface area contributed by atoms with Crippen LogP contribution in [-0.4, -0.2) is 51.9 Å². The predicted molar refractivity (Wildman–Crippen MR) is 63.7 cm³/mol. The van der Waals surface area contributed by atoms with Gasteiger partial charge in [-0.3, -0.25) is 9.88 Å². The van der Waals surface area contributed by atoms with Crippen molar-refractivity contribution >= 4 is 11.6 Å². The van der Waals surface area contributed by atoms with Gasteiger partial charge < -0.3 is 9.84 Å². The molecule has 2 unspecified atom stereocenters. The molecule has 0 amide bonds. The third-order valence-electron chi connectivity index (χ3n) is 2.66. The van der Waals surface area contributed by atoms with Gasteiger partial charge in [0, 0.05) is 19.6 Å². The molecule has 2 heterocycles. The van der Waals surface area contributed by atoms with Crippen molar-refractivity contribution in [2.24, 2.45) is 0 Å². The maximum atomic E-state index is 9.13. The molecule has 1 saturated heterocycles. The maximum Gasteiger partial charge on any atom is 0.147 e. The van der Waals surface area contributed by atoms with Crippen molar-refractivity contribution in [2.75, 3.05) is 19.7 Å². The summed E-state index contributed by atoms with van der Waals surface area (Å²) >= 11 is 5.68. The summed E-state index contributed by atoms with van der Waals surface area (Å²) in [5.41, 5.74) is 0.875.